The molecular weight excluding hydrogens is 1100 g/mol. The highest BCUT2D eigenvalue weighted by Crippen LogP contribution is 2.46. The van der Waals surface area contributed by atoms with Gasteiger partial charge in [0.25, 0.3) is 5.91 Å². The standard InChI is InChI=1S/C64H51F3N6O6S3/c1-77-50-34-32-43(33-35-50)38-78-59(76)61(37-36-52-55(64(65,66)67)68-42-82-52)40-73-57(75)54(58(73)81-41-61)70-56(74)53(72-79-63(47-26-14-5-15-27-47,48-28-16-6-17-29-48)49-30-18-7-19-31-49)51-39-80-60(69-51)71-62(44-20-8-2-9-21-44,45-22-10-3-11-23-45)46-24-12-4-13-25-46/h2-37,39,42,54,58H,38,40-41H2,1H3,(H,69,71)(H,70,74)/t54?,58-,61?/m1/s1. The number of benzene rings is 7. The number of anilines is 1. The fourth-order valence-electron chi connectivity index (χ4n) is 10.3. The van der Waals surface area contributed by atoms with Crippen molar-refractivity contribution < 1.29 is 41.9 Å². The molecule has 9 aromatic rings. The van der Waals surface area contributed by atoms with Crippen LogP contribution in [0.15, 0.2) is 228 Å². The molecule has 4 heterocycles. The maximum atomic E-state index is 15.3. The highest BCUT2D eigenvalue weighted by Gasteiger charge is 2.57. The number of methoxy groups -OCH3 is 1. The van der Waals surface area contributed by atoms with E-state index in [1.165, 1.54) is 47.3 Å². The number of alkyl halides is 3. The molecule has 18 heteroatoms. The third-order valence-electron chi connectivity index (χ3n) is 14.4. The van der Waals surface area contributed by atoms with Crippen molar-refractivity contribution in [3.63, 3.8) is 0 Å². The van der Waals surface area contributed by atoms with Crippen molar-refractivity contribution in [3.8, 4) is 5.75 Å². The number of fused-ring (bicyclic) bond motifs is 1. The summed E-state index contributed by atoms with van der Waals surface area (Å²) in [6.45, 7) is -0.406. The van der Waals surface area contributed by atoms with Crippen LogP contribution < -0.4 is 15.4 Å². The summed E-state index contributed by atoms with van der Waals surface area (Å²) in [5, 5.41) is 13.0. The van der Waals surface area contributed by atoms with Gasteiger partial charge in [-0.1, -0.05) is 205 Å². The number of ether oxygens (including phenoxy) is 2. The van der Waals surface area contributed by atoms with Crippen LogP contribution in [-0.4, -0.2) is 69.2 Å². The van der Waals surface area contributed by atoms with E-state index in [4.69, 9.17) is 24.5 Å². The first-order chi connectivity index (χ1) is 39.9. The van der Waals surface area contributed by atoms with Crippen molar-refractivity contribution in [3.05, 3.63) is 278 Å². The Morgan fingerprint density at radius 1 is 0.720 bits per heavy atom. The first kappa shape index (κ1) is 55.1. The van der Waals surface area contributed by atoms with Gasteiger partial charge in [-0.3, -0.25) is 14.4 Å². The first-order valence-electron chi connectivity index (χ1n) is 26.0. The molecule has 82 heavy (non-hydrogen) atoms. The Hall–Kier alpha value is -8.84. The Kier molecular flexibility index (Phi) is 15.9. The number of halogens is 3. The number of thioether (sulfide) groups is 1. The highest BCUT2D eigenvalue weighted by atomic mass is 32.2. The van der Waals surface area contributed by atoms with Gasteiger partial charge in [0, 0.05) is 34.4 Å². The third kappa shape index (κ3) is 10.9. The zero-order chi connectivity index (χ0) is 56.7. The summed E-state index contributed by atoms with van der Waals surface area (Å²) >= 11 is 3.22. The van der Waals surface area contributed by atoms with E-state index in [0.29, 0.717) is 33.1 Å². The normalized spacial score (nSPS) is 17.3. The van der Waals surface area contributed by atoms with Crippen LogP contribution in [0.4, 0.5) is 18.3 Å². The minimum atomic E-state index is -4.75. The number of β-lactam (4-membered cyclic amide) rings is 1. The summed E-state index contributed by atoms with van der Waals surface area (Å²) in [6, 6.07) is 64.4. The Balaban J connectivity index is 0.955. The molecule has 2 aliphatic heterocycles. The minimum Gasteiger partial charge on any atom is -0.497 e. The van der Waals surface area contributed by atoms with Gasteiger partial charge in [0.1, 0.15) is 40.4 Å². The molecule has 7 aromatic carbocycles. The number of hydrogen-bond acceptors (Lipinski definition) is 13. The lowest BCUT2D eigenvalue weighted by Gasteiger charge is -2.53. The average molecular weight is 1150 g/mol. The van der Waals surface area contributed by atoms with Crippen LogP contribution in [0.5, 0.6) is 5.75 Å². The SMILES string of the molecule is COc1ccc(COC(=O)C2(C=Cc3scnc3C(F)(F)F)CS[C@@H]3C(NC(=O)C(=NOC(c4ccccc4)(c4ccccc4)c4ccccc4)c4csc(NC(c5ccccc5)(c5ccccc5)c5ccccc5)n4)C(=O)N3C2)cc1. The Labute approximate surface area is 483 Å². The Morgan fingerprint density at radius 2 is 1.23 bits per heavy atom. The maximum Gasteiger partial charge on any atom is 0.434 e. The van der Waals surface area contributed by atoms with Crippen LogP contribution in [-0.2, 0) is 47.9 Å². The zero-order valence-electron chi connectivity index (χ0n) is 43.8. The number of amides is 2. The number of carbonyl (C=O) groups excluding carboxylic acids is 3. The minimum absolute atomic E-state index is 0.0170. The van der Waals surface area contributed by atoms with E-state index in [0.717, 1.165) is 33.5 Å². The van der Waals surface area contributed by atoms with Crippen molar-refractivity contribution in [1.29, 1.82) is 0 Å². The summed E-state index contributed by atoms with van der Waals surface area (Å²) < 4.78 is 53.3. The predicted molar refractivity (Wildman–Crippen MR) is 313 cm³/mol. The molecule has 0 radical (unpaired) electrons. The zero-order valence-corrected chi connectivity index (χ0v) is 46.3. The molecule has 12 nitrogen and oxygen atoms in total. The summed E-state index contributed by atoms with van der Waals surface area (Å²) in [5.41, 5.74) is 1.44. The fraction of sp³-hybridized carbons (Fsp3) is 0.156. The van der Waals surface area contributed by atoms with Crippen molar-refractivity contribution >= 4 is 69.1 Å². The van der Waals surface area contributed by atoms with Gasteiger partial charge in [0.15, 0.2) is 16.5 Å². The van der Waals surface area contributed by atoms with E-state index >= 15 is 4.79 Å². The van der Waals surface area contributed by atoms with Gasteiger partial charge in [-0.05, 0) is 40.5 Å². The number of aromatic nitrogens is 2. The molecule has 11 rings (SSSR count). The molecule has 0 bridgehead atoms. The second kappa shape index (κ2) is 23.7. The monoisotopic (exact) mass is 1150 g/mol. The van der Waals surface area contributed by atoms with Crippen molar-refractivity contribution in [1.82, 2.24) is 20.2 Å². The number of oxime groups is 1. The van der Waals surface area contributed by atoms with Crippen LogP contribution in [0, 0.1) is 5.41 Å². The van der Waals surface area contributed by atoms with Gasteiger partial charge in [-0.15, -0.1) is 34.4 Å². The molecule has 2 unspecified atom stereocenters. The summed E-state index contributed by atoms with van der Waals surface area (Å²) in [7, 11) is 1.53. The topological polar surface area (TPSA) is 144 Å². The van der Waals surface area contributed by atoms with Crippen molar-refractivity contribution in [2.75, 3.05) is 24.7 Å². The lowest BCUT2D eigenvalue weighted by molar-refractivity contribution is -0.160. The van der Waals surface area contributed by atoms with E-state index in [9.17, 15) is 22.8 Å². The summed E-state index contributed by atoms with van der Waals surface area (Å²) in [4.78, 5) is 61.1. The van der Waals surface area contributed by atoms with Gasteiger partial charge in [-0.2, -0.15) is 13.2 Å². The molecule has 2 amide bonds. The molecule has 2 N–H and O–H groups in total. The smallest absolute Gasteiger partial charge is 0.434 e. The summed E-state index contributed by atoms with van der Waals surface area (Å²) in [5.74, 6) is -1.49. The van der Waals surface area contributed by atoms with Crippen LogP contribution in [0.1, 0.15) is 55.2 Å². The van der Waals surface area contributed by atoms with Crippen LogP contribution in [0.25, 0.3) is 6.08 Å². The number of thiazole rings is 2. The quantitative estimate of drug-likeness (QED) is 0.0264. The molecule has 0 aliphatic carbocycles. The molecule has 412 valence electrons. The van der Waals surface area contributed by atoms with Gasteiger partial charge in [0.05, 0.1) is 17.5 Å². The second-order valence-electron chi connectivity index (χ2n) is 19.4. The summed E-state index contributed by atoms with van der Waals surface area (Å²) in [6.07, 6.45) is -2.17. The van der Waals surface area contributed by atoms with Gasteiger partial charge < -0.3 is 29.8 Å². The molecule has 0 saturated carbocycles. The molecule has 3 atom stereocenters. The van der Waals surface area contributed by atoms with Gasteiger partial charge in [0.2, 0.25) is 11.5 Å². The van der Waals surface area contributed by atoms with E-state index in [1.807, 2.05) is 182 Å². The number of nitrogens with zero attached hydrogens (tertiary/aromatic N) is 4. The van der Waals surface area contributed by atoms with Crippen molar-refractivity contribution in [2.24, 2.45) is 10.6 Å². The van der Waals surface area contributed by atoms with E-state index in [2.05, 4.69) is 15.6 Å². The molecule has 2 aromatic heterocycles. The van der Waals surface area contributed by atoms with Crippen LogP contribution in [0.2, 0.25) is 0 Å². The second-order valence-corrected chi connectivity index (χ2v) is 22.3. The van der Waals surface area contributed by atoms with Crippen molar-refractivity contribution in [2.45, 2.75) is 35.3 Å². The molecular formula is C64H51F3N6O6S3. The first-order valence-corrected chi connectivity index (χ1v) is 28.8. The van der Waals surface area contributed by atoms with E-state index in [-0.39, 0.29) is 35.2 Å². The molecule has 2 saturated heterocycles. The molecule has 2 aliphatic rings. The molecule has 0 spiro atoms. The van der Waals surface area contributed by atoms with Crippen LogP contribution >= 0.6 is 34.4 Å². The third-order valence-corrected chi connectivity index (χ3v) is 17.5. The number of hydrogen-bond donors (Lipinski definition) is 2. The van der Waals surface area contributed by atoms with Gasteiger partial charge in [-0.25, -0.2) is 9.97 Å². The van der Waals surface area contributed by atoms with E-state index < -0.39 is 57.6 Å². The highest BCUT2D eigenvalue weighted by molar-refractivity contribution is 8.00. The number of nitrogens with one attached hydrogen (secondary N) is 2. The predicted octanol–water partition coefficient (Wildman–Crippen LogP) is 12.6. The van der Waals surface area contributed by atoms with Crippen LogP contribution in [0.3, 0.4) is 0 Å². The molecule has 2 fully saturated rings. The van der Waals surface area contributed by atoms with E-state index in [1.54, 1.807) is 29.6 Å². The number of carbonyl (C=O) groups is 3. The number of esters is 1. The number of rotatable bonds is 19. The maximum absolute atomic E-state index is 15.3. The Morgan fingerprint density at radius 3 is 1.73 bits per heavy atom. The fourth-order valence-corrected chi connectivity index (χ4v) is 13.3. The van der Waals surface area contributed by atoms with Gasteiger partial charge >= 0.3 is 12.1 Å². The average Bonchev–Trinajstić information content (AvgIpc) is 3.01. The lowest BCUT2D eigenvalue weighted by atomic mass is 9.77. The Bertz CT molecular complexity index is 3530. The lowest BCUT2D eigenvalue weighted by Crippen LogP contribution is -2.73. The largest absolute Gasteiger partial charge is 0.497 e.